The van der Waals surface area contributed by atoms with Crippen LogP contribution in [0, 0.1) is 0 Å². The van der Waals surface area contributed by atoms with Gasteiger partial charge < -0.3 is 30.2 Å². The molecule has 2 aliphatic rings. The molecule has 3 N–H and O–H groups in total. The van der Waals surface area contributed by atoms with Gasteiger partial charge in [0.05, 0.1) is 41.2 Å². The molecule has 2 amide bonds. The molecule has 236 valence electrons. The quantitative estimate of drug-likeness (QED) is 0.403. The summed E-state index contributed by atoms with van der Waals surface area (Å²) >= 11 is 6.08. The van der Waals surface area contributed by atoms with Crippen molar-refractivity contribution in [3.8, 4) is 0 Å². The minimum atomic E-state index is -4.59. The van der Waals surface area contributed by atoms with Crippen LogP contribution < -0.4 is 21.5 Å². The number of halogens is 4. The number of rotatable bonds is 7. The maximum atomic E-state index is 14.0. The predicted molar refractivity (Wildman–Crippen MR) is 158 cm³/mol. The second-order valence-corrected chi connectivity index (χ2v) is 11.0. The lowest BCUT2D eigenvalue weighted by atomic mass is 10.1. The third kappa shape index (κ3) is 6.30. The van der Waals surface area contributed by atoms with Crippen molar-refractivity contribution in [1.82, 2.24) is 24.1 Å². The molecule has 2 aliphatic heterocycles. The molecular weight excluding hydrogens is 605 g/mol. The Morgan fingerprint density at radius 3 is 2.52 bits per heavy atom. The Kier molecular flexibility index (Phi) is 9.00. The maximum absolute atomic E-state index is 14.0. The molecule has 12 nitrogen and oxygen atoms in total. The lowest BCUT2D eigenvalue weighted by molar-refractivity contribution is -0.137. The third-order valence-electron chi connectivity index (χ3n) is 7.58. The van der Waals surface area contributed by atoms with E-state index in [1.54, 1.807) is 16.4 Å². The molecule has 0 aliphatic carbocycles. The number of hydrogen-bond acceptors (Lipinski definition) is 8. The first-order valence-electron chi connectivity index (χ1n) is 14.1. The molecule has 1 fully saturated rings. The summed E-state index contributed by atoms with van der Waals surface area (Å²) in [6.45, 7) is 5.37. The number of carbonyl (C=O) groups excluding carboxylic acids is 2. The summed E-state index contributed by atoms with van der Waals surface area (Å²) in [6, 6.07) is 2.01. The van der Waals surface area contributed by atoms with E-state index in [0.29, 0.717) is 69.4 Å². The topological polar surface area (TPSA) is 140 Å². The van der Waals surface area contributed by atoms with Gasteiger partial charge in [-0.1, -0.05) is 24.6 Å². The Morgan fingerprint density at radius 1 is 1.20 bits per heavy atom. The number of benzene rings is 1. The average molecular weight is 637 g/mol. The predicted octanol–water partition coefficient (Wildman–Crippen LogP) is 2.56. The number of fused-ring (bicyclic) bond motifs is 1. The molecule has 3 aromatic rings. The van der Waals surface area contributed by atoms with Crippen molar-refractivity contribution >= 4 is 46.1 Å². The van der Waals surface area contributed by atoms with Gasteiger partial charge in [0.25, 0.3) is 5.56 Å². The minimum Gasteiger partial charge on any atom is -0.377 e. The van der Waals surface area contributed by atoms with Gasteiger partial charge in [-0.2, -0.15) is 22.7 Å². The first-order valence-corrected chi connectivity index (χ1v) is 14.5. The molecule has 0 unspecified atom stereocenters. The summed E-state index contributed by atoms with van der Waals surface area (Å²) in [4.78, 5) is 47.9. The SMILES string of the molecule is CCc1c(N2CCN(C(=O)[C@H](C)N)CC2)c(=O)n2nc(C3=CCOCC3)nc2n1CC(=O)Nc1ccc(C(F)(F)F)cc1Cl. The van der Waals surface area contributed by atoms with Crippen molar-refractivity contribution in [2.75, 3.05) is 49.6 Å². The molecule has 0 spiro atoms. The number of piperazine rings is 1. The number of aromatic nitrogens is 4. The van der Waals surface area contributed by atoms with E-state index in [-0.39, 0.29) is 28.9 Å². The normalized spacial score (nSPS) is 16.7. The van der Waals surface area contributed by atoms with E-state index in [1.807, 2.05) is 17.9 Å². The van der Waals surface area contributed by atoms with Gasteiger partial charge in [0.1, 0.15) is 12.2 Å². The summed E-state index contributed by atoms with van der Waals surface area (Å²) in [7, 11) is 0. The number of nitrogens with zero attached hydrogens (tertiary/aromatic N) is 6. The lowest BCUT2D eigenvalue weighted by Crippen LogP contribution is -2.53. The number of amides is 2. The first-order chi connectivity index (χ1) is 20.9. The fourth-order valence-corrected chi connectivity index (χ4v) is 5.59. The Morgan fingerprint density at radius 2 is 1.93 bits per heavy atom. The van der Waals surface area contributed by atoms with E-state index in [2.05, 4.69) is 15.4 Å². The molecule has 44 heavy (non-hydrogen) atoms. The van der Waals surface area contributed by atoms with Crippen molar-refractivity contribution in [3.05, 3.63) is 56.7 Å². The summed E-state index contributed by atoms with van der Waals surface area (Å²) < 4.78 is 47.5. The highest BCUT2D eigenvalue weighted by atomic mass is 35.5. The molecule has 2 aromatic heterocycles. The van der Waals surface area contributed by atoms with E-state index in [1.165, 1.54) is 0 Å². The number of anilines is 2. The van der Waals surface area contributed by atoms with Crippen molar-refractivity contribution in [1.29, 1.82) is 0 Å². The van der Waals surface area contributed by atoms with Crippen LogP contribution in [0.3, 0.4) is 0 Å². The number of alkyl halides is 3. The summed E-state index contributed by atoms with van der Waals surface area (Å²) in [5.41, 5.74) is 6.06. The highest BCUT2D eigenvalue weighted by Gasteiger charge is 2.32. The zero-order valence-electron chi connectivity index (χ0n) is 24.2. The Bertz CT molecular complexity index is 1680. The van der Waals surface area contributed by atoms with E-state index in [9.17, 15) is 27.6 Å². The van der Waals surface area contributed by atoms with Crippen molar-refractivity contribution in [3.63, 3.8) is 0 Å². The van der Waals surface area contributed by atoms with Crippen LogP contribution in [0.1, 0.15) is 37.4 Å². The van der Waals surface area contributed by atoms with Crippen LogP contribution in [0.15, 0.2) is 29.1 Å². The lowest BCUT2D eigenvalue weighted by Gasteiger charge is -2.37. The summed E-state index contributed by atoms with van der Waals surface area (Å²) in [5.74, 6) is -0.313. The van der Waals surface area contributed by atoms with Crippen molar-refractivity contribution < 1.29 is 27.5 Å². The van der Waals surface area contributed by atoms with E-state index < -0.39 is 29.2 Å². The molecule has 16 heteroatoms. The first kappa shape index (κ1) is 31.5. The molecule has 0 radical (unpaired) electrons. The number of ether oxygens (including phenoxy) is 1. The van der Waals surface area contributed by atoms with Crippen molar-refractivity contribution in [2.45, 2.75) is 45.5 Å². The number of carbonyl (C=O) groups is 2. The summed E-state index contributed by atoms with van der Waals surface area (Å²) in [5, 5.41) is 6.81. The zero-order valence-corrected chi connectivity index (χ0v) is 24.9. The minimum absolute atomic E-state index is 0.00411. The Balaban J connectivity index is 1.54. The number of nitrogens with one attached hydrogen (secondary N) is 1. The Labute approximate surface area is 255 Å². The second kappa shape index (κ2) is 12.6. The third-order valence-corrected chi connectivity index (χ3v) is 7.89. The molecule has 1 saturated heterocycles. The molecule has 0 bridgehead atoms. The average Bonchev–Trinajstić information content (AvgIpc) is 3.45. The van der Waals surface area contributed by atoms with Gasteiger partial charge >= 0.3 is 6.18 Å². The van der Waals surface area contributed by atoms with Gasteiger partial charge in [-0.15, -0.1) is 5.10 Å². The van der Waals surface area contributed by atoms with Gasteiger partial charge in [0, 0.05) is 26.2 Å². The molecular formula is C28H32ClF3N8O4. The van der Waals surface area contributed by atoms with E-state index in [4.69, 9.17) is 22.1 Å². The number of nitrogens with two attached hydrogens (primary N) is 1. The van der Waals surface area contributed by atoms with Gasteiger partial charge in [0.2, 0.25) is 17.6 Å². The van der Waals surface area contributed by atoms with Crippen LogP contribution in [0.25, 0.3) is 11.4 Å². The highest BCUT2D eigenvalue weighted by molar-refractivity contribution is 6.33. The second-order valence-electron chi connectivity index (χ2n) is 10.6. The van der Waals surface area contributed by atoms with E-state index in [0.717, 1.165) is 28.3 Å². The van der Waals surface area contributed by atoms with Crippen LogP contribution in [0.2, 0.25) is 5.02 Å². The van der Waals surface area contributed by atoms with Crippen molar-refractivity contribution in [2.24, 2.45) is 5.73 Å². The van der Waals surface area contributed by atoms with Gasteiger partial charge in [-0.3, -0.25) is 14.4 Å². The monoisotopic (exact) mass is 636 g/mol. The van der Waals surface area contributed by atoms with Gasteiger partial charge in [-0.25, -0.2) is 0 Å². The Hall–Kier alpha value is -3.95. The zero-order chi connectivity index (χ0) is 31.8. The van der Waals surface area contributed by atoms with Gasteiger partial charge in [-0.05, 0) is 43.5 Å². The standard InChI is InChI=1S/C28H32ClF3N8O4/c1-3-21-23(37-8-10-38(11-9-37)25(42)16(2)33)26(43)40-27(35-24(36-40)17-6-12-44-13-7-17)39(21)15-22(41)34-20-5-4-18(14-19(20)29)28(30,31)32/h4-6,14,16H,3,7-13,15,33H2,1-2H3,(H,34,41)/t16-/m0/s1. The fourth-order valence-electron chi connectivity index (χ4n) is 5.36. The van der Waals surface area contributed by atoms with Crippen LogP contribution in [-0.4, -0.2) is 81.3 Å². The van der Waals surface area contributed by atoms with Crippen LogP contribution in [0.5, 0.6) is 0 Å². The maximum Gasteiger partial charge on any atom is 0.416 e. The van der Waals surface area contributed by atoms with Crippen LogP contribution >= 0.6 is 11.6 Å². The molecule has 0 saturated carbocycles. The van der Waals surface area contributed by atoms with E-state index >= 15 is 0 Å². The summed E-state index contributed by atoms with van der Waals surface area (Å²) in [6.07, 6.45) is -1.87. The smallest absolute Gasteiger partial charge is 0.377 e. The molecule has 1 aromatic carbocycles. The van der Waals surface area contributed by atoms with Crippen LogP contribution in [-0.2, 0) is 33.5 Å². The molecule has 1 atom stereocenters. The fraction of sp³-hybridized carbons (Fsp3) is 0.464. The van der Waals surface area contributed by atoms with Gasteiger partial charge in [0.15, 0.2) is 5.82 Å². The molecule has 5 rings (SSSR count). The van der Waals surface area contributed by atoms with Crippen LogP contribution in [0.4, 0.5) is 24.5 Å². The molecule has 4 heterocycles. The largest absolute Gasteiger partial charge is 0.416 e. The number of hydrogen-bond donors (Lipinski definition) is 2. The highest BCUT2D eigenvalue weighted by Crippen LogP contribution is 2.34.